The second kappa shape index (κ2) is 2.55. The van der Waals surface area contributed by atoms with Crippen LogP contribution in [0.1, 0.15) is 17.7 Å². The van der Waals surface area contributed by atoms with E-state index in [9.17, 15) is 0 Å². The highest BCUT2D eigenvalue weighted by Gasteiger charge is 2.17. The molecule has 3 heteroatoms. The zero-order valence-electron chi connectivity index (χ0n) is 6.00. The third-order valence-electron chi connectivity index (χ3n) is 1.50. The molecule has 0 bridgehead atoms. The number of rotatable bonds is 0. The molecule has 0 atom stereocenters. The smallest absolute Gasteiger partial charge is 0.181 e. The standard InChI is InChI=1S/C8H8N2S/c9-8-10-5-7(11-8)4-3-6-1-2-6/h5-6H,1-2H2,(H2,9,10). The number of hydrogen-bond acceptors (Lipinski definition) is 3. The summed E-state index contributed by atoms with van der Waals surface area (Å²) in [5.41, 5.74) is 5.44. The fourth-order valence-corrected chi connectivity index (χ4v) is 1.29. The van der Waals surface area contributed by atoms with Gasteiger partial charge in [0.05, 0.1) is 11.1 Å². The summed E-state index contributed by atoms with van der Waals surface area (Å²) in [6, 6.07) is 0. The van der Waals surface area contributed by atoms with Crippen molar-refractivity contribution in [2.24, 2.45) is 5.92 Å². The lowest BCUT2D eigenvalue weighted by Gasteiger charge is -1.74. The predicted octanol–water partition coefficient (Wildman–Crippen LogP) is 1.49. The van der Waals surface area contributed by atoms with Crippen molar-refractivity contribution < 1.29 is 0 Å². The van der Waals surface area contributed by atoms with E-state index in [0.29, 0.717) is 11.0 Å². The van der Waals surface area contributed by atoms with Crippen molar-refractivity contribution in [3.05, 3.63) is 11.1 Å². The Labute approximate surface area is 69.4 Å². The summed E-state index contributed by atoms with van der Waals surface area (Å²) in [6.45, 7) is 0. The van der Waals surface area contributed by atoms with E-state index in [1.807, 2.05) is 0 Å². The molecule has 0 aliphatic heterocycles. The first kappa shape index (κ1) is 6.68. The highest BCUT2D eigenvalue weighted by molar-refractivity contribution is 7.15. The number of hydrogen-bond donors (Lipinski definition) is 1. The third-order valence-corrected chi connectivity index (χ3v) is 2.24. The molecule has 1 heterocycles. The second-order valence-corrected chi connectivity index (χ2v) is 3.67. The van der Waals surface area contributed by atoms with Gasteiger partial charge in [-0.3, -0.25) is 0 Å². The molecule has 1 aliphatic carbocycles. The Morgan fingerprint density at radius 3 is 3.00 bits per heavy atom. The van der Waals surface area contributed by atoms with Gasteiger partial charge in [-0.1, -0.05) is 23.2 Å². The van der Waals surface area contributed by atoms with Gasteiger partial charge in [0, 0.05) is 5.92 Å². The van der Waals surface area contributed by atoms with Crippen LogP contribution < -0.4 is 5.73 Å². The van der Waals surface area contributed by atoms with E-state index in [2.05, 4.69) is 16.8 Å². The molecule has 1 aliphatic rings. The minimum absolute atomic E-state index is 0.602. The lowest BCUT2D eigenvalue weighted by Crippen LogP contribution is -1.77. The van der Waals surface area contributed by atoms with Crippen LogP contribution in [0.3, 0.4) is 0 Å². The van der Waals surface area contributed by atoms with Crippen molar-refractivity contribution in [3.63, 3.8) is 0 Å². The van der Waals surface area contributed by atoms with E-state index in [1.54, 1.807) is 6.20 Å². The molecule has 1 saturated carbocycles. The number of nitrogen functional groups attached to an aromatic ring is 1. The summed E-state index contributed by atoms with van der Waals surface area (Å²) in [5.74, 6) is 6.86. The number of nitrogens with two attached hydrogens (primary N) is 1. The first-order chi connectivity index (χ1) is 5.34. The molecule has 11 heavy (non-hydrogen) atoms. The van der Waals surface area contributed by atoms with Crippen LogP contribution in [0.25, 0.3) is 0 Å². The summed E-state index contributed by atoms with van der Waals surface area (Å²) >= 11 is 1.45. The monoisotopic (exact) mass is 164 g/mol. The first-order valence-electron chi connectivity index (χ1n) is 3.57. The molecule has 56 valence electrons. The van der Waals surface area contributed by atoms with Gasteiger partial charge in [0.2, 0.25) is 0 Å². The van der Waals surface area contributed by atoms with Crippen molar-refractivity contribution >= 4 is 16.5 Å². The summed E-state index contributed by atoms with van der Waals surface area (Å²) in [7, 11) is 0. The molecule has 1 aromatic rings. The Hall–Kier alpha value is -1.01. The summed E-state index contributed by atoms with van der Waals surface area (Å²) in [4.78, 5) is 4.89. The molecule has 0 radical (unpaired) electrons. The molecule has 0 unspecified atom stereocenters. The van der Waals surface area contributed by atoms with Crippen LogP contribution in [0, 0.1) is 17.8 Å². The maximum Gasteiger partial charge on any atom is 0.181 e. The van der Waals surface area contributed by atoms with E-state index < -0.39 is 0 Å². The van der Waals surface area contributed by atoms with Gasteiger partial charge in [-0.05, 0) is 12.8 Å². The van der Waals surface area contributed by atoms with Gasteiger partial charge in [0.1, 0.15) is 0 Å². The largest absolute Gasteiger partial charge is 0.375 e. The Kier molecular flexibility index (Phi) is 1.55. The van der Waals surface area contributed by atoms with Gasteiger partial charge in [0.15, 0.2) is 5.13 Å². The lowest BCUT2D eigenvalue weighted by molar-refractivity contribution is 1.18. The van der Waals surface area contributed by atoms with Crippen molar-refractivity contribution in [2.45, 2.75) is 12.8 Å². The molecule has 2 nitrogen and oxygen atoms in total. The van der Waals surface area contributed by atoms with Gasteiger partial charge in [-0.15, -0.1) is 0 Å². The van der Waals surface area contributed by atoms with Gasteiger partial charge in [-0.25, -0.2) is 4.98 Å². The van der Waals surface area contributed by atoms with Crippen LogP contribution in [0.2, 0.25) is 0 Å². The fourth-order valence-electron chi connectivity index (χ4n) is 0.746. The van der Waals surface area contributed by atoms with Crippen LogP contribution in [-0.4, -0.2) is 4.98 Å². The van der Waals surface area contributed by atoms with Crippen LogP contribution in [0.5, 0.6) is 0 Å². The molecular weight excluding hydrogens is 156 g/mol. The SMILES string of the molecule is Nc1ncc(C#CC2CC2)s1. The van der Waals surface area contributed by atoms with E-state index in [4.69, 9.17) is 5.73 Å². The third kappa shape index (κ3) is 1.72. The van der Waals surface area contributed by atoms with Crippen LogP contribution in [0.4, 0.5) is 5.13 Å². The number of thiazole rings is 1. The van der Waals surface area contributed by atoms with Crippen LogP contribution in [-0.2, 0) is 0 Å². The van der Waals surface area contributed by atoms with Gasteiger partial charge in [-0.2, -0.15) is 0 Å². The molecule has 0 amide bonds. The normalized spacial score (nSPS) is 15.6. The quantitative estimate of drug-likeness (QED) is 0.590. The van der Waals surface area contributed by atoms with Gasteiger partial charge in [0.25, 0.3) is 0 Å². The van der Waals surface area contributed by atoms with Crippen molar-refractivity contribution in [3.8, 4) is 11.8 Å². The highest BCUT2D eigenvalue weighted by atomic mass is 32.1. The lowest BCUT2D eigenvalue weighted by atomic mass is 10.4. The Morgan fingerprint density at radius 2 is 2.45 bits per heavy atom. The molecule has 2 rings (SSSR count). The average molecular weight is 164 g/mol. The molecule has 0 spiro atoms. The molecule has 1 fully saturated rings. The summed E-state index contributed by atoms with van der Waals surface area (Å²) < 4.78 is 0. The van der Waals surface area contributed by atoms with Gasteiger partial charge >= 0.3 is 0 Å². The Morgan fingerprint density at radius 1 is 1.64 bits per heavy atom. The van der Waals surface area contributed by atoms with Crippen molar-refractivity contribution in [2.75, 3.05) is 5.73 Å². The van der Waals surface area contributed by atoms with Crippen LogP contribution in [0.15, 0.2) is 6.20 Å². The predicted molar refractivity (Wildman–Crippen MR) is 46.1 cm³/mol. The topological polar surface area (TPSA) is 38.9 Å². The molecule has 0 saturated heterocycles. The average Bonchev–Trinajstić information content (AvgIpc) is 2.72. The van der Waals surface area contributed by atoms with E-state index in [0.717, 1.165) is 4.88 Å². The fraction of sp³-hybridized carbons (Fsp3) is 0.375. The van der Waals surface area contributed by atoms with E-state index in [-0.39, 0.29) is 0 Å². The highest BCUT2D eigenvalue weighted by Crippen LogP contribution is 2.27. The number of anilines is 1. The van der Waals surface area contributed by atoms with Crippen molar-refractivity contribution in [1.82, 2.24) is 4.98 Å². The molecule has 1 aromatic heterocycles. The maximum absolute atomic E-state index is 5.44. The molecular formula is C8H8N2S. The first-order valence-corrected chi connectivity index (χ1v) is 4.39. The minimum atomic E-state index is 0.602. The zero-order valence-corrected chi connectivity index (χ0v) is 6.82. The second-order valence-electron chi connectivity index (χ2n) is 2.61. The molecule has 2 N–H and O–H groups in total. The number of aromatic nitrogens is 1. The molecule has 0 aromatic carbocycles. The maximum atomic E-state index is 5.44. The van der Waals surface area contributed by atoms with E-state index in [1.165, 1.54) is 24.2 Å². The van der Waals surface area contributed by atoms with Gasteiger partial charge < -0.3 is 5.73 Å². The Balaban J connectivity index is 2.12. The van der Waals surface area contributed by atoms with Crippen LogP contribution >= 0.6 is 11.3 Å². The zero-order chi connectivity index (χ0) is 7.68. The number of nitrogens with zero attached hydrogens (tertiary/aromatic N) is 1. The summed E-state index contributed by atoms with van der Waals surface area (Å²) in [5, 5.41) is 0.602. The Bertz CT molecular complexity index is 314. The van der Waals surface area contributed by atoms with Crippen molar-refractivity contribution in [1.29, 1.82) is 0 Å². The van der Waals surface area contributed by atoms with E-state index >= 15 is 0 Å². The summed E-state index contributed by atoms with van der Waals surface area (Å²) in [6.07, 6.45) is 4.26. The minimum Gasteiger partial charge on any atom is -0.375 e.